The molecule has 0 aromatic rings. The molecule has 1 fully saturated rings. The summed E-state index contributed by atoms with van der Waals surface area (Å²) in [6.07, 6.45) is 0. The minimum absolute atomic E-state index is 1.14. The van der Waals surface area contributed by atoms with Gasteiger partial charge in [-0.1, -0.05) is 13.8 Å². The summed E-state index contributed by atoms with van der Waals surface area (Å²) in [5, 5.41) is 6.44. The summed E-state index contributed by atoms with van der Waals surface area (Å²) in [5.41, 5.74) is 0. The average molecular weight is 144 g/mol. The molecule has 0 aromatic carbocycles. The third-order valence-corrected chi connectivity index (χ3v) is 0.957. The fraction of sp³-hybridized carbons (Fsp3) is 0.750. The lowest BCUT2D eigenvalue weighted by Crippen LogP contribution is -2.39. The number of piperazine rings is 1. The fourth-order valence-corrected chi connectivity index (χ4v) is 0.604. The lowest BCUT2D eigenvalue weighted by Gasteiger charge is -2.11. The molecule has 0 unspecified atom stereocenters. The molecule has 0 aliphatic carbocycles. The van der Waals surface area contributed by atoms with Gasteiger partial charge in [-0.05, 0) is 0 Å². The van der Waals surface area contributed by atoms with E-state index in [9.17, 15) is 0 Å². The van der Waals surface area contributed by atoms with Gasteiger partial charge in [0.25, 0.3) is 0 Å². The van der Waals surface area contributed by atoms with E-state index in [2.05, 4.69) is 23.8 Å². The smallest absolute Gasteiger partial charge is 0.00772 e. The van der Waals surface area contributed by atoms with Gasteiger partial charge in [0.2, 0.25) is 0 Å². The van der Waals surface area contributed by atoms with E-state index in [0.717, 1.165) is 26.2 Å². The van der Waals surface area contributed by atoms with Crippen molar-refractivity contribution in [3.63, 3.8) is 0 Å². The predicted molar refractivity (Wildman–Crippen MR) is 48.3 cm³/mol. The van der Waals surface area contributed by atoms with Gasteiger partial charge in [0, 0.05) is 26.2 Å². The minimum Gasteiger partial charge on any atom is -0.314 e. The topological polar surface area (TPSA) is 24.1 Å². The Morgan fingerprint density at radius 3 is 1.10 bits per heavy atom. The molecule has 0 spiro atoms. The second-order valence-electron chi connectivity index (χ2n) is 1.50. The van der Waals surface area contributed by atoms with E-state index in [-0.39, 0.29) is 0 Å². The third-order valence-electron chi connectivity index (χ3n) is 0.957. The highest BCUT2D eigenvalue weighted by Crippen LogP contribution is 1.65. The summed E-state index contributed by atoms with van der Waals surface area (Å²) in [6, 6.07) is 0. The molecule has 0 atom stereocenters. The van der Waals surface area contributed by atoms with Crippen molar-refractivity contribution in [1.29, 1.82) is 0 Å². The van der Waals surface area contributed by atoms with Crippen LogP contribution in [-0.4, -0.2) is 26.2 Å². The van der Waals surface area contributed by atoms with Crippen LogP contribution in [0.3, 0.4) is 0 Å². The SMILES string of the molecule is C1CNCCN1.C=C.CC. The second-order valence-corrected chi connectivity index (χ2v) is 1.50. The maximum absolute atomic E-state index is 3.22. The van der Waals surface area contributed by atoms with E-state index >= 15 is 0 Å². The zero-order valence-electron chi connectivity index (χ0n) is 7.24. The molecular formula is C8H20N2. The lowest BCUT2D eigenvalue weighted by molar-refractivity contribution is 0.534. The van der Waals surface area contributed by atoms with Crippen LogP contribution >= 0.6 is 0 Å². The van der Waals surface area contributed by atoms with Gasteiger partial charge in [0.15, 0.2) is 0 Å². The quantitative estimate of drug-likeness (QED) is 0.496. The highest BCUT2D eigenvalue weighted by molar-refractivity contribution is 4.59. The summed E-state index contributed by atoms with van der Waals surface area (Å²) in [5.74, 6) is 0. The van der Waals surface area contributed by atoms with Crippen molar-refractivity contribution in [2.45, 2.75) is 13.8 Å². The van der Waals surface area contributed by atoms with E-state index in [1.54, 1.807) is 0 Å². The molecule has 2 N–H and O–H groups in total. The largest absolute Gasteiger partial charge is 0.314 e. The minimum atomic E-state index is 1.14. The van der Waals surface area contributed by atoms with Crippen LogP contribution < -0.4 is 10.6 Å². The molecule has 0 radical (unpaired) electrons. The maximum Gasteiger partial charge on any atom is 0.00772 e. The molecule has 0 saturated carbocycles. The molecule has 1 aliphatic rings. The summed E-state index contributed by atoms with van der Waals surface area (Å²) in [6.45, 7) is 14.6. The van der Waals surface area contributed by atoms with E-state index in [0.29, 0.717) is 0 Å². The zero-order chi connectivity index (χ0) is 8.24. The van der Waals surface area contributed by atoms with Gasteiger partial charge in [-0.2, -0.15) is 0 Å². The first-order valence-corrected chi connectivity index (χ1v) is 3.91. The van der Waals surface area contributed by atoms with Crippen molar-refractivity contribution in [2.24, 2.45) is 0 Å². The van der Waals surface area contributed by atoms with Crippen LogP contribution in [0.1, 0.15) is 13.8 Å². The monoisotopic (exact) mass is 144 g/mol. The molecular weight excluding hydrogens is 124 g/mol. The number of nitrogens with one attached hydrogen (secondary N) is 2. The Bertz CT molecular complexity index is 31.0. The van der Waals surface area contributed by atoms with Gasteiger partial charge in [0.05, 0.1) is 0 Å². The fourth-order valence-electron chi connectivity index (χ4n) is 0.604. The van der Waals surface area contributed by atoms with Crippen LogP contribution in [0.4, 0.5) is 0 Å². The van der Waals surface area contributed by atoms with Crippen LogP contribution in [-0.2, 0) is 0 Å². The van der Waals surface area contributed by atoms with Crippen molar-refractivity contribution < 1.29 is 0 Å². The normalized spacial score (nSPS) is 15.4. The van der Waals surface area contributed by atoms with Crippen LogP contribution in [0, 0.1) is 0 Å². The summed E-state index contributed by atoms with van der Waals surface area (Å²) < 4.78 is 0. The molecule has 0 bridgehead atoms. The predicted octanol–water partition coefficient (Wildman–Crippen LogP) is 1.01. The van der Waals surface area contributed by atoms with Crippen molar-refractivity contribution in [3.8, 4) is 0 Å². The van der Waals surface area contributed by atoms with E-state index < -0.39 is 0 Å². The molecule has 1 rings (SSSR count). The lowest BCUT2D eigenvalue weighted by atomic mass is 10.4. The van der Waals surface area contributed by atoms with Gasteiger partial charge >= 0.3 is 0 Å². The van der Waals surface area contributed by atoms with E-state index in [1.807, 2.05) is 13.8 Å². The highest BCUT2D eigenvalue weighted by Gasteiger charge is 1.91. The Hall–Kier alpha value is -0.340. The van der Waals surface area contributed by atoms with Gasteiger partial charge in [-0.25, -0.2) is 0 Å². The van der Waals surface area contributed by atoms with Gasteiger partial charge in [0.1, 0.15) is 0 Å². The highest BCUT2D eigenvalue weighted by atomic mass is 15.0. The molecule has 1 heterocycles. The Labute approximate surface area is 64.7 Å². The maximum atomic E-state index is 3.22. The number of hydrogen-bond acceptors (Lipinski definition) is 2. The Kier molecular flexibility index (Phi) is 19.6. The first kappa shape index (κ1) is 12.3. The van der Waals surface area contributed by atoms with Gasteiger partial charge in [-0.3, -0.25) is 0 Å². The van der Waals surface area contributed by atoms with Crippen LogP contribution in [0.25, 0.3) is 0 Å². The van der Waals surface area contributed by atoms with Crippen LogP contribution in [0.15, 0.2) is 13.2 Å². The zero-order valence-corrected chi connectivity index (χ0v) is 7.24. The first-order chi connectivity index (χ1) is 5.00. The van der Waals surface area contributed by atoms with Gasteiger partial charge < -0.3 is 10.6 Å². The van der Waals surface area contributed by atoms with Crippen LogP contribution in [0.2, 0.25) is 0 Å². The van der Waals surface area contributed by atoms with Crippen molar-refractivity contribution in [2.75, 3.05) is 26.2 Å². The molecule has 1 saturated heterocycles. The standard InChI is InChI=1S/C4H10N2.C2H6.C2H4/c1-2-6-4-3-5-1;2*1-2/h5-6H,1-4H2;1-2H3;1-2H2. The Morgan fingerprint density at radius 2 is 1.00 bits per heavy atom. The summed E-state index contributed by atoms with van der Waals surface area (Å²) >= 11 is 0. The second kappa shape index (κ2) is 15.9. The molecule has 0 amide bonds. The molecule has 2 nitrogen and oxygen atoms in total. The molecule has 0 aromatic heterocycles. The van der Waals surface area contributed by atoms with Crippen molar-refractivity contribution in [3.05, 3.63) is 13.2 Å². The Balaban J connectivity index is 0. The number of rotatable bonds is 0. The first-order valence-electron chi connectivity index (χ1n) is 3.91. The third kappa shape index (κ3) is 10.6. The Morgan fingerprint density at radius 1 is 0.800 bits per heavy atom. The van der Waals surface area contributed by atoms with E-state index in [1.165, 1.54) is 0 Å². The average Bonchev–Trinajstić information content (AvgIpc) is 2.14. The van der Waals surface area contributed by atoms with Crippen LogP contribution in [0.5, 0.6) is 0 Å². The molecule has 1 aliphatic heterocycles. The van der Waals surface area contributed by atoms with E-state index in [4.69, 9.17) is 0 Å². The molecule has 10 heavy (non-hydrogen) atoms. The molecule has 62 valence electrons. The summed E-state index contributed by atoms with van der Waals surface area (Å²) in [7, 11) is 0. The van der Waals surface area contributed by atoms with Gasteiger partial charge in [-0.15, -0.1) is 13.2 Å². The summed E-state index contributed by atoms with van der Waals surface area (Å²) in [4.78, 5) is 0. The molecule has 2 heteroatoms. The number of hydrogen-bond donors (Lipinski definition) is 2. The van der Waals surface area contributed by atoms with Crippen molar-refractivity contribution >= 4 is 0 Å². The van der Waals surface area contributed by atoms with Crippen molar-refractivity contribution in [1.82, 2.24) is 10.6 Å².